The zero-order valence-corrected chi connectivity index (χ0v) is 21.2. The number of ether oxygens (including phenoxy) is 4. The second-order valence-electron chi connectivity index (χ2n) is 8.01. The Labute approximate surface area is 203 Å². The number of nitrogens with one attached hydrogen (secondary N) is 1. The van der Waals surface area contributed by atoms with Crippen LogP contribution in [-0.2, 0) is 32.1 Å². The second kappa shape index (κ2) is 15.0. The lowest BCUT2D eigenvalue weighted by molar-refractivity contribution is -0.0390. The summed E-state index contributed by atoms with van der Waals surface area (Å²) in [5.41, 5.74) is 2.45. The van der Waals surface area contributed by atoms with E-state index in [1.54, 1.807) is 7.11 Å². The molecule has 2 aliphatic rings. The van der Waals surface area contributed by atoms with Crippen LogP contribution in [0.2, 0.25) is 0 Å². The van der Waals surface area contributed by atoms with Gasteiger partial charge in [0.1, 0.15) is 0 Å². The van der Waals surface area contributed by atoms with Gasteiger partial charge in [-0.1, -0.05) is 24.3 Å². The Morgan fingerprint density at radius 3 is 2.77 bits per heavy atom. The lowest BCUT2D eigenvalue weighted by atomic mass is 10.1. The molecule has 0 spiro atoms. The van der Waals surface area contributed by atoms with Crippen molar-refractivity contribution in [3.05, 3.63) is 35.4 Å². The summed E-state index contributed by atoms with van der Waals surface area (Å²) < 4.78 is 22.2. The van der Waals surface area contributed by atoms with Crippen molar-refractivity contribution in [3.8, 4) is 0 Å². The third-order valence-electron chi connectivity index (χ3n) is 5.68. The van der Waals surface area contributed by atoms with E-state index < -0.39 is 0 Å². The molecule has 176 valence electrons. The molecule has 1 atom stereocenters. The topological polar surface area (TPSA) is 64.6 Å². The van der Waals surface area contributed by atoms with Crippen LogP contribution in [0.15, 0.2) is 29.3 Å². The van der Waals surface area contributed by atoms with Crippen LogP contribution in [-0.4, -0.2) is 77.2 Å². The Balaban J connectivity index is 0.00000341. The molecule has 1 unspecified atom stereocenters. The molecule has 0 aliphatic carbocycles. The van der Waals surface area contributed by atoms with Crippen molar-refractivity contribution < 1.29 is 18.9 Å². The molecule has 2 aliphatic heterocycles. The monoisotopic (exact) mass is 547 g/mol. The van der Waals surface area contributed by atoms with Crippen LogP contribution in [0.1, 0.15) is 30.4 Å². The first-order chi connectivity index (χ1) is 14.8. The van der Waals surface area contributed by atoms with Crippen LogP contribution in [0.4, 0.5) is 0 Å². The van der Waals surface area contributed by atoms with E-state index in [1.165, 1.54) is 11.1 Å². The van der Waals surface area contributed by atoms with Crippen LogP contribution in [0.25, 0.3) is 0 Å². The third kappa shape index (κ3) is 9.21. The average molecular weight is 547 g/mol. The van der Waals surface area contributed by atoms with Crippen LogP contribution in [0.3, 0.4) is 0 Å². The van der Waals surface area contributed by atoms with Crippen molar-refractivity contribution in [1.82, 2.24) is 10.2 Å². The minimum Gasteiger partial charge on any atom is -0.382 e. The van der Waals surface area contributed by atoms with Crippen LogP contribution >= 0.6 is 24.0 Å². The van der Waals surface area contributed by atoms with Gasteiger partial charge in [0.25, 0.3) is 0 Å². The number of methoxy groups -OCH3 is 1. The molecular formula is C23H38IN3O4. The van der Waals surface area contributed by atoms with Gasteiger partial charge in [-0.15, -0.1) is 24.0 Å². The molecule has 31 heavy (non-hydrogen) atoms. The van der Waals surface area contributed by atoms with Gasteiger partial charge in [0, 0.05) is 52.9 Å². The quantitative estimate of drug-likeness (QED) is 0.210. The van der Waals surface area contributed by atoms with E-state index >= 15 is 0 Å². The molecule has 8 heteroatoms. The van der Waals surface area contributed by atoms with E-state index in [-0.39, 0.29) is 24.0 Å². The molecule has 0 saturated carbocycles. The summed E-state index contributed by atoms with van der Waals surface area (Å²) in [6.07, 6.45) is 3.44. The van der Waals surface area contributed by atoms with Gasteiger partial charge in [0.05, 0.1) is 32.5 Å². The summed E-state index contributed by atoms with van der Waals surface area (Å²) in [7, 11) is 3.55. The van der Waals surface area contributed by atoms with Gasteiger partial charge in [-0.05, 0) is 30.4 Å². The zero-order chi connectivity index (χ0) is 21.0. The maximum Gasteiger partial charge on any atom is 0.193 e. The van der Waals surface area contributed by atoms with Gasteiger partial charge in [-0.3, -0.25) is 4.99 Å². The fourth-order valence-electron chi connectivity index (χ4n) is 3.95. The molecule has 0 amide bonds. The maximum absolute atomic E-state index is 6.06. The smallest absolute Gasteiger partial charge is 0.193 e. The van der Waals surface area contributed by atoms with Crippen LogP contribution in [0.5, 0.6) is 0 Å². The van der Waals surface area contributed by atoms with Gasteiger partial charge in [-0.2, -0.15) is 0 Å². The highest BCUT2D eigenvalue weighted by molar-refractivity contribution is 14.0. The predicted octanol–water partition coefficient (Wildman–Crippen LogP) is 3.06. The van der Waals surface area contributed by atoms with Crippen molar-refractivity contribution in [2.45, 2.75) is 38.5 Å². The van der Waals surface area contributed by atoms with E-state index in [2.05, 4.69) is 39.5 Å². The van der Waals surface area contributed by atoms with E-state index in [0.717, 1.165) is 64.7 Å². The van der Waals surface area contributed by atoms with Gasteiger partial charge >= 0.3 is 0 Å². The fraction of sp³-hybridized carbons (Fsp3) is 0.696. The Bertz CT molecular complexity index is 655. The number of rotatable bonds is 10. The Hall–Kier alpha value is -0.940. The summed E-state index contributed by atoms with van der Waals surface area (Å²) in [4.78, 5) is 6.81. The number of halogens is 1. The number of nitrogens with zero attached hydrogens (tertiary/aromatic N) is 2. The lowest BCUT2D eigenvalue weighted by Crippen LogP contribution is -2.39. The number of benzene rings is 1. The molecule has 1 aromatic rings. The maximum atomic E-state index is 6.06. The van der Waals surface area contributed by atoms with Crippen LogP contribution in [0, 0.1) is 5.92 Å². The summed E-state index contributed by atoms with van der Waals surface area (Å²) in [5.74, 6) is 1.50. The number of aliphatic imine (C=N–C) groups is 1. The summed E-state index contributed by atoms with van der Waals surface area (Å²) in [5, 5.41) is 3.52. The molecule has 1 aromatic carbocycles. The Morgan fingerprint density at radius 2 is 2.00 bits per heavy atom. The first-order valence-electron chi connectivity index (χ1n) is 11.1. The minimum atomic E-state index is 0. The first-order valence-corrected chi connectivity index (χ1v) is 11.1. The molecule has 2 heterocycles. The van der Waals surface area contributed by atoms with Gasteiger partial charge < -0.3 is 29.2 Å². The van der Waals surface area contributed by atoms with E-state index in [9.17, 15) is 0 Å². The molecule has 2 saturated heterocycles. The van der Waals surface area contributed by atoms with Crippen molar-refractivity contribution in [1.29, 1.82) is 0 Å². The highest BCUT2D eigenvalue weighted by Gasteiger charge is 2.25. The molecule has 0 bridgehead atoms. The van der Waals surface area contributed by atoms with Crippen molar-refractivity contribution in [2.75, 3.05) is 60.3 Å². The SMILES string of the molecule is CN=C(NCc1cccc(COC2CCOCC2)c1)N1CCC(COCCOC)C1.I. The summed E-state index contributed by atoms with van der Waals surface area (Å²) in [6.45, 7) is 7.12. The standard InChI is InChI=1S/C23H37N3O4.HI/c1-24-23(26-9-6-21(16-26)17-29-13-12-27-2)25-15-19-4-3-5-20(14-19)18-30-22-7-10-28-11-8-22;/h3-5,14,21-22H,6-13,15-18H2,1-2H3,(H,24,25);1H. The van der Waals surface area contributed by atoms with Crippen molar-refractivity contribution in [2.24, 2.45) is 10.9 Å². The molecule has 7 nitrogen and oxygen atoms in total. The third-order valence-corrected chi connectivity index (χ3v) is 5.68. The highest BCUT2D eigenvalue weighted by atomic mass is 127. The number of hydrogen-bond acceptors (Lipinski definition) is 5. The van der Waals surface area contributed by atoms with E-state index in [1.807, 2.05) is 7.05 Å². The van der Waals surface area contributed by atoms with Crippen molar-refractivity contribution >= 4 is 29.9 Å². The van der Waals surface area contributed by atoms with Gasteiger partial charge in [0.15, 0.2) is 5.96 Å². The average Bonchev–Trinajstić information content (AvgIpc) is 3.25. The Morgan fingerprint density at radius 1 is 1.19 bits per heavy atom. The molecule has 1 N–H and O–H groups in total. The molecule has 2 fully saturated rings. The second-order valence-corrected chi connectivity index (χ2v) is 8.01. The zero-order valence-electron chi connectivity index (χ0n) is 18.9. The van der Waals surface area contributed by atoms with E-state index in [0.29, 0.717) is 31.8 Å². The summed E-state index contributed by atoms with van der Waals surface area (Å²) >= 11 is 0. The molecule has 0 aromatic heterocycles. The lowest BCUT2D eigenvalue weighted by Gasteiger charge is -2.23. The van der Waals surface area contributed by atoms with Gasteiger partial charge in [-0.25, -0.2) is 0 Å². The fourth-order valence-corrected chi connectivity index (χ4v) is 3.95. The number of guanidine groups is 1. The minimum absolute atomic E-state index is 0. The summed E-state index contributed by atoms with van der Waals surface area (Å²) in [6, 6.07) is 8.60. The highest BCUT2D eigenvalue weighted by Crippen LogP contribution is 2.17. The Kier molecular flexibility index (Phi) is 12.7. The molecule has 0 radical (unpaired) electrons. The largest absolute Gasteiger partial charge is 0.382 e. The van der Waals surface area contributed by atoms with Gasteiger partial charge in [0.2, 0.25) is 0 Å². The number of hydrogen-bond donors (Lipinski definition) is 1. The molecular weight excluding hydrogens is 509 g/mol. The normalized spacial score (nSPS) is 20.0. The number of likely N-dealkylation sites (tertiary alicyclic amines) is 1. The van der Waals surface area contributed by atoms with E-state index in [4.69, 9.17) is 18.9 Å². The predicted molar refractivity (Wildman–Crippen MR) is 133 cm³/mol. The first kappa shape index (κ1) is 26.3. The van der Waals surface area contributed by atoms with Crippen molar-refractivity contribution in [3.63, 3.8) is 0 Å². The molecule has 3 rings (SSSR count). The van der Waals surface area contributed by atoms with Crippen LogP contribution < -0.4 is 5.32 Å².